The molecular weight excluding hydrogens is 296 g/mol. The molecule has 2 rings (SSSR count). The Labute approximate surface area is 126 Å². The van der Waals surface area contributed by atoms with Crippen LogP contribution >= 0.6 is 23.4 Å². The quantitative estimate of drug-likeness (QED) is 0.890. The summed E-state index contributed by atoms with van der Waals surface area (Å²) in [5, 5.41) is 7.78. The normalized spacial score (nSPS) is 12.6. The molecule has 1 atom stereocenters. The minimum Gasteiger partial charge on any atom is -0.324 e. The topological polar surface area (TPSA) is 76.7 Å². The molecule has 0 aliphatic heterocycles. The third-order valence-electron chi connectivity index (χ3n) is 2.84. The summed E-state index contributed by atoms with van der Waals surface area (Å²) in [4.78, 5) is 12.5. The van der Waals surface area contributed by atoms with Crippen molar-refractivity contribution < 1.29 is 0 Å². The first-order chi connectivity index (χ1) is 9.52. The summed E-state index contributed by atoms with van der Waals surface area (Å²) in [6.45, 7) is 4.55. The SMILES string of the molecule is CCCn1c(Sc2ccc(C(C)N)c(Cl)c2)n[nH]c1=O. The van der Waals surface area contributed by atoms with Crippen molar-refractivity contribution in [2.75, 3.05) is 0 Å². The fraction of sp³-hybridized carbons (Fsp3) is 0.385. The van der Waals surface area contributed by atoms with Gasteiger partial charge < -0.3 is 5.73 Å². The molecular formula is C13H17ClN4OS. The Morgan fingerprint density at radius 1 is 1.55 bits per heavy atom. The highest BCUT2D eigenvalue weighted by molar-refractivity contribution is 7.99. The Hall–Kier alpha value is -1.24. The Morgan fingerprint density at radius 2 is 2.30 bits per heavy atom. The molecule has 0 saturated carbocycles. The number of H-pyrrole nitrogens is 1. The van der Waals surface area contributed by atoms with Gasteiger partial charge in [-0.1, -0.05) is 24.6 Å². The average molecular weight is 313 g/mol. The molecule has 1 aromatic carbocycles. The zero-order valence-electron chi connectivity index (χ0n) is 11.4. The molecule has 7 heteroatoms. The van der Waals surface area contributed by atoms with Crippen LogP contribution in [0, 0.1) is 0 Å². The van der Waals surface area contributed by atoms with Crippen LogP contribution in [0.3, 0.4) is 0 Å². The number of nitrogens with two attached hydrogens (primary N) is 1. The van der Waals surface area contributed by atoms with E-state index in [0.29, 0.717) is 16.7 Å². The molecule has 3 N–H and O–H groups in total. The van der Waals surface area contributed by atoms with E-state index in [4.69, 9.17) is 17.3 Å². The lowest BCUT2D eigenvalue weighted by Crippen LogP contribution is -2.17. The Kier molecular flexibility index (Phi) is 4.91. The van der Waals surface area contributed by atoms with Crippen molar-refractivity contribution in [2.24, 2.45) is 5.73 Å². The Morgan fingerprint density at radius 3 is 2.90 bits per heavy atom. The van der Waals surface area contributed by atoms with E-state index in [1.807, 2.05) is 32.0 Å². The van der Waals surface area contributed by atoms with E-state index >= 15 is 0 Å². The lowest BCUT2D eigenvalue weighted by molar-refractivity contribution is 0.604. The van der Waals surface area contributed by atoms with Crippen molar-refractivity contribution in [1.29, 1.82) is 0 Å². The van der Waals surface area contributed by atoms with Crippen LogP contribution in [-0.4, -0.2) is 14.8 Å². The van der Waals surface area contributed by atoms with Gasteiger partial charge in [0.05, 0.1) is 0 Å². The highest BCUT2D eigenvalue weighted by Crippen LogP contribution is 2.30. The van der Waals surface area contributed by atoms with Crippen LogP contribution in [0.4, 0.5) is 0 Å². The lowest BCUT2D eigenvalue weighted by atomic mass is 10.1. The van der Waals surface area contributed by atoms with E-state index in [1.54, 1.807) is 4.57 Å². The number of nitrogens with one attached hydrogen (secondary N) is 1. The second-order valence-corrected chi connectivity index (χ2v) is 5.98. The fourth-order valence-corrected chi connectivity index (χ4v) is 3.16. The smallest absolute Gasteiger partial charge is 0.324 e. The minimum absolute atomic E-state index is 0.106. The minimum atomic E-state index is -0.187. The zero-order chi connectivity index (χ0) is 14.7. The van der Waals surface area contributed by atoms with Crippen molar-refractivity contribution in [1.82, 2.24) is 14.8 Å². The van der Waals surface area contributed by atoms with Crippen molar-refractivity contribution in [3.8, 4) is 0 Å². The van der Waals surface area contributed by atoms with E-state index in [2.05, 4.69) is 10.2 Å². The number of hydrogen-bond acceptors (Lipinski definition) is 4. The molecule has 5 nitrogen and oxygen atoms in total. The van der Waals surface area contributed by atoms with Gasteiger partial charge >= 0.3 is 5.69 Å². The monoisotopic (exact) mass is 312 g/mol. The van der Waals surface area contributed by atoms with E-state index in [9.17, 15) is 4.79 Å². The van der Waals surface area contributed by atoms with Gasteiger partial charge in [0.1, 0.15) is 0 Å². The summed E-state index contributed by atoms with van der Waals surface area (Å²) >= 11 is 7.61. The third-order valence-corrected chi connectivity index (χ3v) is 4.15. The molecule has 0 fully saturated rings. The van der Waals surface area contributed by atoms with E-state index in [0.717, 1.165) is 16.9 Å². The summed E-state index contributed by atoms with van der Waals surface area (Å²) in [7, 11) is 0. The number of hydrogen-bond donors (Lipinski definition) is 2. The highest BCUT2D eigenvalue weighted by Gasteiger charge is 2.11. The molecule has 1 unspecified atom stereocenters. The average Bonchev–Trinajstić information content (AvgIpc) is 2.72. The van der Waals surface area contributed by atoms with Crippen molar-refractivity contribution in [3.05, 3.63) is 39.3 Å². The molecule has 0 saturated heterocycles. The summed E-state index contributed by atoms with van der Waals surface area (Å²) in [6.07, 6.45) is 0.872. The number of rotatable bonds is 5. The van der Waals surface area contributed by atoms with Gasteiger partial charge in [-0.05, 0) is 42.8 Å². The molecule has 0 aliphatic carbocycles. The van der Waals surface area contributed by atoms with Crippen LogP contribution in [0.1, 0.15) is 31.9 Å². The molecule has 1 aromatic heterocycles. The first-order valence-corrected chi connectivity index (χ1v) is 7.60. The van der Waals surface area contributed by atoms with Gasteiger partial charge in [0, 0.05) is 22.5 Å². The second kappa shape index (κ2) is 6.47. The van der Waals surface area contributed by atoms with Crippen molar-refractivity contribution >= 4 is 23.4 Å². The van der Waals surface area contributed by atoms with Crippen LogP contribution in [0.5, 0.6) is 0 Å². The van der Waals surface area contributed by atoms with E-state index < -0.39 is 0 Å². The van der Waals surface area contributed by atoms with Crippen molar-refractivity contribution in [3.63, 3.8) is 0 Å². The first kappa shape index (κ1) is 15.2. The van der Waals surface area contributed by atoms with Crippen LogP contribution in [0.2, 0.25) is 5.02 Å². The molecule has 20 heavy (non-hydrogen) atoms. The van der Waals surface area contributed by atoms with Gasteiger partial charge in [-0.3, -0.25) is 4.57 Å². The molecule has 108 valence electrons. The maximum Gasteiger partial charge on any atom is 0.343 e. The van der Waals surface area contributed by atoms with E-state index in [-0.39, 0.29) is 11.7 Å². The molecule has 0 bridgehead atoms. The van der Waals surface area contributed by atoms with Crippen molar-refractivity contribution in [2.45, 2.75) is 42.9 Å². The first-order valence-electron chi connectivity index (χ1n) is 6.41. The van der Waals surface area contributed by atoms with Crippen LogP contribution in [0.15, 0.2) is 33.0 Å². The molecule has 0 aliphatic rings. The van der Waals surface area contributed by atoms with Crippen LogP contribution in [-0.2, 0) is 6.54 Å². The fourth-order valence-electron chi connectivity index (χ4n) is 1.85. The van der Waals surface area contributed by atoms with Gasteiger partial charge in [-0.2, -0.15) is 0 Å². The van der Waals surface area contributed by atoms with Gasteiger partial charge in [-0.25, -0.2) is 9.89 Å². The number of aromatic amines is 1. The van der Waals surface area contributed by atoms with Gasteiger partial charge in [-0.15, -0.1) is 5.10 Å². The van der Waals surface area contributed by atoms with E-state index in [1.165, 1.54) is 11.8 Å². The standard InChI is InChI=1S/C13H17ClN4OS/c1-3-6-18-12(19)16-17-13(18)20-9-4-5-10(8(2)15)11(14)7-9/h4-5,7-8H,3,6,15H2,1-2H3,(H,16,19). The predicted molar refractivity (Wildman–Crippen MR) is 81.3 cm³/mol. The van der Waals surface area contributed by atoms with Gasteiger partial charge in [0.2, 0.25) is 0 Å². The number of aromatic nitrogens is 3. The summed E-state index contributed by atoms with van der Waals surface area (Å²) in [5.41, 5.74) is 6.55. The second-order valence-electron chi connectivity index (χ2n) is 4.54. The Balaban J connectivity index is 2.27. The largest absolute Gasteiger partial charge is 0.343 e. The molecule has 0 spiro atoms. The Bertz CT molecular complexity index is 650. The molecule has 2 aromatic rings. The predicted octanol–water partition coefficient (Wildman–Crippen LogP) is 2.81. The number of halogens is 1. The lowest BCUT2D eigenvalue weighted by Gasteiger charge is -2.10. The molecule has 1 heterocycles. The zero-order valence-corrected chi connectivity index (χ0v) is 13.0. The third kappa shape index (κ3) is 3.26. The number of nitrogens with zero attached hydrogens (tertiary/aromatic N) is 2. The highest BCUT2D eigenvalue weighted by atomic mass is 35.5. The maximum absolute atomic E-state index is 11.6. The summed E-state index contributed by atoms with van der Waals surface area (Å²) in [5.74, 6) is 0. The molecule has 0 radical (unpaired) electrons. The number of benzene rings is 1. The van der Waals surface area contributed by atoms with Gasteiger partial charge in [0.25, 0.3) is 0 Å². The molecule has 0 amide bonds. The summed E-state index contributed by atoms with van der Waals surface area (Å²) < 4.78 is 1.62. The maximum atomic E-state index is 11.6. The van der Waals surface area contributed by atoms with Crippen LogP contribution in [0.25, 0.3) is 0 Å². The summed E-state index contributed by atoms with van der Waals surface area (Å²) in [6, 6.07) is 5.58. The van der Waals surface area contributed by atoms with Gasteiger partial charge in [0.15, 0.2) is 5.16 Å². The van der Waals surface area contributed by atoms with Crippen LogP contribution < -0.4 is 11.4 Å².